The summed E-state index contributed by atoms with van der Waals surface area (Å²) in [7, 11) is 1.51. The first-order chi connectivity index (χ1) is 33.3. The van der Waals surface area contributed by atoms with Crippen molar-refractivity contribution in [1.29, 1.82) is 5.26 Å². The van der Waals surface area contributed by atoms with Gasteiger partial charge in [0.2, 0.25) is 5.79 Å². The van der Waals surface area contributed by atoms with Gasteiger partial charge >= 0.3 is 0 Å². The molecule has 1 fully saturated rings. The van der Waals surface area contributed by atoms with Gasteiger partial charge in [0, 0.05) is 43.2 Å². The molecule has 3 aliphatic rings. The molecule has 6 unspecified atom stereocenters. The van der Waals surface area contributed by atoms with Crippen LogP contribution in [-0.4, -0.2) is 78.4 Å². The highest BCUT2D eigenvalue weighted by Gasteiger charge is 2.65. The van der Waals surface area contributed by atoms with Crippen LogP contribution in [0.1, 0.15) is 95.2 Å². The van der Waals surface area contributed by atoms with Crippen molar-refractivity contribution in [1.82, 2.24) is 4.90 Å². The normalized spacial score (nSPS) is 21.9. The third-order valence-electron chi connectivity index (χ3n) is 13.6. The summed E-state index contributed by atoms with van der Waals surface area (Å²) in [5, 5.41) is 36.7. The number of amides is 1. The number of nitrogens with zero attached hydrogens (tertiary/aromatic N) is 3. The quantitative estimate of drug-likeness (QED) is 0.0314. The Morgan fingerprint density at radius 3 is 2.44 bits per heavy atom. The molecule has 2 aliphatic carbocycles. The summed E-state index contributed by atoms with van der Waals surface area (Å²) in [5.41, 5.74) is 4.59. The molecule has 1 amide bonds. The first-order valence-electron chi connectivity index (χ1n) is 23.6. The smallest absolute Gasteiger partial charge is 0.254 e. The van der Waals surface area contributed by atoms with Crippen LogP contribution in [0.2, 0.25) is 0 Å². The molecule has 8 rings (SSSR count). The van der Waals surface area contributed by atoms with E-state index < -0.39 is 17.7 Å². The Bertz CT molecular complexity index is 2700. The average molecular weight is 918 g/mol. The Balaban J connectivity index is 1.37. The van der Waals surface area contributed by atoms with Gasteiger partial charge in [-0.3, -0.25) is 9.59 Å². The highest BCUT2D eigenvalue weighted by molar-refractivity contribution is 6.03. The predicted octanol–water partition coefficient (Wildman–Crippen LogP) is 10.3. The second kappa shape index (κ2) is 21.9. The molecule has 0 aromatic heterocycles. The lowest BCUT2D eigenvalue weighted by molar-refractivity contribution is -0.255. The fourth-order valence-corrected chi connectivity index (χ4v) is 10.6. The number of carbonyl (C=O) groups is 2. The van der Waals surface area contributed by atoms with Crippen LogP contribution in [0.25, 0.3) is 10.8 Å². The number of aliphatic hydroxyl groups is 2. The van der Waals surface area contributed by atoms with Crippen molar-refractivity contribution in [2.45, 2.75) is 76.2 Å². The fourth-order valence-electron chi connectivity index (χ4n) is 10.6. The molecule has 5 aromatic carbocycles. The zero-order valence-corrected chi connectivity index (χ0v) is 38.7. The van der Waals surface area contributed by atoms with Gasteiger partial charge in [0.1, 0.15) is 35.6 Å². The maximum absolute atomic E-state index is 15.6. The molecule has 1 heterocycles. The summed E-state index contributed by atoms with van der Waals surface area (Å²) >= 11 is 0. The van der Waals surface area contributed by atoms with Crippen LogP contribution < -0.4 is 14.2 Å². The van der Waals surface area contributed by atoms with E-state index in [9.17, 15) is 20.3 Å². The maximum atomic E-state index is 15.6. The molecule has 6 atom stereocenters. The monoisotopic (exact) mass is 917 g/mol. The van der Waals surface area contributed by atoms with E-state index in [1.807, 2.05) is 54.3 Å². The summed E-state index contributed by atoms with van der Waals surface area (Å²) in [5.74, 6) is -0.659. The first kappa shape index (κ1) is 47.7. The van der Waals surface area contributed by atoms with Crippen molar-refractivity contribution < 1.29 is 43.6 Å². The van der Waals surface area contributed by atoms with E-state index in [2.05, 4.69) is 36.9 Å². The topological polar surface area (TPSA) is 160 Å². The van der Waals surface area contributed by atoms with E-state index in [-0.39, 0.29) is 56.4 Å². The minimum absolute atomic E-state index is 0.0194. The number of rotatable bonds is 21. The lowest BCUT2D eigenvalue weighted by Crippen LogP contribution is -2.70. The van der Waals surface area contributed by atoms with E-state index in [0.717, 1.165) is 59.4 Å². The average Bonchev–Trinajstić information content (AvgIpc) is 3.37. The van der Waals surface area contributed by atoms with Crippen LogP contribution in [0, 0.1) is 29.1 Å². The van der Waals surface area contributed by atoms with Crippen molar-refractivity contribution in [3.05, 3.63) is 155 Å². The van der Waals surface area contributed by atoms with Crippen molar-refractivity contribution in [2.75, 3.05) is 33.5 Å². The van der Waals surface area contributed by atoms with Crippen molar-refractivity contribution >= 4 is 28.7 Å². The number of carbonyl (C=O) groups excluding carboxylic acids is 2. The molecular weight excluding hydrogens is 859 g/mol. The number of unbranched alkanes of at least 4 members (excludes halogenated alkanes) is 2. The molecule has 5 aromatic rings. The molecule has 2 N–H and O–H groups in total. The molecule has 352 valence electrons. The minimum atomic E-state index is -1.52. The van der Waals surface area contributed by atoms with Crippen LogP contribution in [0.3, 0.4) is 0 Å². The van der Waals surface area contributed by atoms with Crippen LogP contribution in [0.5, 0.6) is 23.0 Å². The number of fused-ring (bicyclic) bond motifs is 3. The van der Waals surface area contributed by atoms with Gasteiger partial charge in [-0.1, -0.05) is 72.6 Å². The molecule has 0 bridgehead atoms. The molecular formula is C56H59N3O9. The SMILES string of the molecule is C=CCOC12Oc3ccc(Oc4ccc(OC)c(C=O)c4)cc3C3C(CCCCO)C(CCCCO)C=C(C(=NOCC)CC1N(Cc1cccc4ccccc14)C(=O)c1ccc(C#N)cc1)C32. The molecule has 12 heteroatoms. The van der Waals surface area contributed by atoms with Crippen molar-refractivity contribution in [2.24, 2.45) is 22.9 Å². The zero-order chi connectivity index (χ0) is 47.6. The highest BCUT2D eigenvalue weighted by atomic mass is 16.7. The van der Waals surface area contributed by atoms with Crippen LogP contribution in [0.15, 0.2) is 133 Å². The lowest BCUT2D eigenvalue weighted by Gasteiger charge is -2.60. The second-order valence-electron chi connectivity index (χ2n) is 17.6. The molecule has 0 spiro atoms. The van der Waals surface area contributed by atoms with Gasteiger partial charge < -0.3 is 38.9 Å². The lowest BCUT2D eigenvalue weighted by atomic mass is 9.55. The summed E-state index contributed by atoms with van der Waals surface area (Å²) in [6.45, 7) is 6.70. The Kier molecular flexibility index (Phi) is 15.4. The van der Waals surface area contributed by atoms with Crippen LogP contribution >= 0.6 is 0 Å². The fraction of sp³-hybridized carbons (Fsp3) is 0.357. The van der Waals surface area contributed by atoms with Crippen LogP contribution in [0.4, 0.5) is 0 Å². The van der Waals surface area contributed by atoms with E-state index in [1.165, 1.54) is 7.11 Å². The summed E-state index contributed by atoms with van der Waals surface area (Å²) in [4.78, 5) is 35.4. The number of allylic oxidation sites excluding steroid dienone is 1. The highest BCUT2D eigenvalue weighted by Crippen LogP contribution is 2.62. The molecule has 12 nitrogen and oxygen atoms in total. The van der Waals surface area contributed by atoms with Gasteiger partial charge in [-0.2, -0.15) is 5.26 Å². The second-order valence-corrected chi connectivity index (χ2v) is 17.6. The largest absolute Gasteiger partial charge is 0.496 e. The number of benzene rings is 5. The van der Waals surface area contributed by atoms with E-state index >= 15 is 4.79 Å². The van der Waals surface area contributed by atoms with E-state index in [0.29, 0.717) is 64.8 Å². The Morgan fingerprint density at radius 2 is 1.71 bits per heavy atom. The standard InChI is InChI=1S/C56H59N3O9/c1-4-29-65-56-52(59(55(63)39-21-19-37(34-57)20-22-39)35-41-16-12-15-38-13-6-7-17-45(38)41)33-49(58-66-5-2)47-31-40(14-8-10-27-60)46(18-9-11-28-61)53(54(47)56)48-32-44(24-26-51(48)68-56)67-43-23-25-50(64-3)42(30-43)36-62/h4,6-7,12-13,15-17,19-26,30-32,36,40,46,52-54,60-61H,1,5,8-11,14,18,27-29,33,35H2,2-3H3. The summed E-state index contributed by atoms with van der Waals surface area (Å²) in [6.07, 6.45) is 9.31. The van der Waals surface area contributed by atoms with Crippen molar-refractivity contribution in [3.8, 4) is 29.1 Å². The van der Waals surface area contributed by atoms with Gasteiger partial charge in [0.15, 0.2) is 6.29 Å². The minimum Gasteiger partial charge on any atom is -0.496 e. The Labute approximate surface area is 398 Å². The molecule has 1 saturated carbocycles. The Hall–Kier alpha value is -6.78. The van der Waals surface area contributed by atoms with Gasteiger partial charge in [-0.15, -0.1) is 6.58 Å². The predicted molar refractivity (Wildman–Crippen MR) is 260 cm³/mol. The number of oxime groups is 1. The number of methoxy groups -OCH3 is 1. The first-order valence-corrected chi connectivity index (χ1v) is 23.6. The molecule has 1 aliphatic heterocycles. The number of aliphatic hydroxyl groups excluding tert-OH is 2. The third kappa shape index (κ3) is 9.65. The zero-order valence-electron chi connectivity index (χ0n) is 38.7. The van der Waals surface area contributed by atoms with Gasteiger partial charge in [0.05, 0.1) is 42.5 Å². The maximum Gasteiger partial charge on any atom is 0.254 e. The van der Waals surface area contributed by atoms with Crippen LogP contribution in [-0.2, 0) is 16.1 Å². The van der Waals surface area contributed by atoms with Gasteiger partial charge in [0.25, 0.3) is 5.91 Å². The summed E-state index contributed by atoms with van der Waals surface area (Å²) < 4.78 is 26.6. The van der Waals surface area contributed by atoms with Crippen molar-refractivity contribution in [3.63, 3.8) is 0 Å². The van der Waals surface area contributed by atoms with E-state index in [4.69, 9.17) is 28.9 Å². The van der Waals surface area contributed by atoms with Gasteiger partial charge in [-0.05, 0) is 127 Å². The third-order valence-corrected chi connectivity index (χ3v) is 13.6. The number of hydrogen-bond acceptors (Lipinski definition) is 11. The molecule has 0 radical (unpaired) electrons. The van der Waals surface area contributed by atoms with Gasteiger partial charge in [-0.25, -0.2) is 0 Å². The number of nitriles is 1. The Morgan fingerprint density at radius 1 is 0.956 bits per heavy atom. The molecule has 0 saturated heterocycles. The molecule has 68 heavy (non-hydrogen) atoms. The van der Waals surface area contributed by atoms with E-state index in [1.54, 1.807) is 48.5 Å². The number of hydrogen-bond donors (Lipinski definition) is 2. The number of aldehydes is 1. The summed E-state index contributed by atoms with van der Waals surface area (Å²) in [6, 6.07) is 33.1. The number of ether oxygens (including phenoxy) is 4.